The summed E-state index contributed by atoms with van der Waals surface area (Å²) in [5.41, 5.74) is 43.0. The molecule has 2 heteroatoms. The third kappa shape index (κ3) is 9.33. The number of hydrogen-bond acceptors (Lipinski definition) is 2. The normalized spacial score (nSPS) is 14.7. The van der Waals surface area contributed by atoms with Crippen LogP contribution >= 0.6 is 0 Å². The Morgan fingerprint density at radius 3 is 0.663 bits per heavy atom. The van der Waals surface area contributed by atoms with Crippen LogP contribution in [0.4, 0.5) is 34.1 Å². The maximum absolute atomic E-state index is 2.56. The minimum Gasteiger partial charge on any atom is -0.309 e. The number of aryl methyl sites for hydroxylation is 4. The van der Waals surface area contributed by atoms with Crippen LogP contribution in [0.2, 0.25) is 0 Å². The van der Waals surface area contributed by atoms with E-state index in [0.717, 1.165) is 22.7 Å². The number of anilines is 6. The molecule has 0 saturated carbocycles. The van der Waals surface area contributed by atoms with Crippen LogP contribution in [0.3, 0.4) is 0 Å². The predicted octanol–water partition coefficient (Wildman–Crippen LogP) is 28.1. The number of para-hydroxylation sites is 2. The fourth-order valence-corrected chi connectivity index (χ4v) is 19.4. The van der Waals surface area contributed by atoms with Crippen LogP contribution in [-0.2, 0) is 21.7 Å². The second-order valence-electron chi connectivity index (χ2n) is 32.2. The number of rotatable bonds is 10. The van der Waals surface area contributed by atoms with E-state index < -0.39 is 0 Å². The van der Waals surface area contributed by atoms with Crippen molar-refractivity contribution in [1.82, 2.24) is 0 Å². The zero-order valence-electron chi connectivity index (χ0n) is 61.6. The zero-order valence-corrected chi connectivity index (χ0v) is 61.6. The lowest BCUT2D eigenvalue weighted by Crippen LogP contribution is -2.17. The maximum Gasteiger partial charge on any atom is 0.0620 e. The monoisotopic (exact) mass is 1340 g/mol. The molecule has 0 amide bonds. The summed E-state index contributed by atoms with van der Waals surface area (Å²) >= 11 is 0. The number of fused-ring (bicyclic) bond motifs is 14. The van der Waals surface area contributed by atoms with E-state index in [1.165, 1.54) is 189 Å². The van der Waals surface area contributed by atoms with E-state index in [0.29, 0.717) is 0 Å². The molecular formula is C102H84N2. The Bertz CT molecular complexity index is 5670. The van der Waals surface area contributed by atoms with E-state index >= 15 is 0 Å². The van der Waals surface area contributed by atoms with Crippen LogP contribution in [0, 0.1) is 27.7 Å². The van der Waals surface area contributed by atoms with Crippen LogP contribution in [0.15, 0.2) is 291 Å². The SMILES string of the molecule is Cc1cc(-c2ccc3c(c2)C(C)(C)c2cc(-c4ccc5c(c4)C(C)(C)c4ccccc4-5)ccc2-3)cc(C)c1N(c1ccccc1)c1c2ccccc2c(N(c2ccccc2)c2c(C)cc(-c3ccc4c(c3)C(C)(C)c3cc(-c5ccc6c(c5)C(C)(C)c5ccccc5-6)ccc3-4)cc2C)c2ccccc12. The van der Waals surface area contributed by atoms with E-state index in [4.69, 9.17) is 0 Å². The van der Waals surface area contributed by atoms with Crippen LogP contribution < -0.4 is 9.80 Å². The quantitative estimate of drug-likeness (QED) is 0.0995. The van der Waals surface area contributed by atoms with Crippen molar-refractivity contribution in [1.29, 1.82) is 0 Å². The number of nitrogens with zero attached hydrogens (tertiary/aromatic N) is 2. The standard InChI is InChI=1S/C102H84N2/c1-61-51-71(69-43-49-81-79-47-41-67(57-91(79)101(9,10)93(81)59-69)65-39-45-77-75-31-23-25-37-87(75)99(5,6)89(77)55-65)52-62(2)95(61)103(73-27-15-13-16-28-73)97-83-33-19-21-35-85(83)98(86-36-22-20-34-84(86)97)104(74-29-17-14-18-30-74)96-63(3)53-72(54-64(96)4)70-44-50-82-80-48-42-68(58-92(80)102(11,12)94(82)60-70)66-40-46-78-76-32-24-26-38-88(76)100(7,8)90(78)56-66/h13-60H,1-12H3. The lowest BCUT2D eigenvalue weighted by atomic mass is 9.80. The van der Waals surface area contributed by atoms with Crippen molar-refractivity contribution in [2.24, 2.45) is 0 Å². The minimum absolute atomic E-state index is 0.0575. The molecule has 0 radical (unpaired) electrons. The van der Waals surface area contributed by atoms with E-state index in [1.54, 1.807) is 0 Å². The van der Waals surface area contributed by atoms with Gasteiger partial charge in [-0.15, -0.1) is 0 Å². The summed E-state index contributed by atoms with van der Waals surface area (Å²) < 4.78 is 0. The van der Waals surface area contributed by atoms with Crippen molar-refractivity contribution >= 4 is 55.7 Å². The average molecular weight is 1340 g/mol. The second kappa shape index (κ2) is 23.0. The molecule has 4 aliphatic rings. The summed E-state index contributed by atoms with van der Waals surface area (Å²) in [6.07, 6.45) is 0. The molecule has 0 unspecified atom stereocenters. The molecular weight excluding hydrogens is 1250 g/mol. The highest BCUT2D eigenvalue weighted by Gasteiger charge is 2.41. The summed E-state index contributed by atoms with van der Waals surface area (Å²) in [6, 6.07) is 111. The van der Waals surface area contributed by atoms with Crippen molar-refractivity contribution in [2.45, 2.75) is 105 Å². The predicted molar refractivity (Wildman–Crippen MR) is 442 cm³/mol. The van der Waals surface area contributed by atoms with Gasteiger partial charge < -0.3 is 9.80 Å². The van der Waals surface area contributed by atoms with Gasteiger partial charge in [0, 0.05) is 54.6 Å². The third-order valence-corrected chi connectivity index (χ3v) is 24.6. The fraction of sp³-hybridized carbons (Fsp3) is 0.157. The number of benzene rings is 15. The Balaban J connectivity index is 0.677. The summed E-state index contributed by atoms with van der Waals surface area (Å²) in [5.74, 6) is 0. The molecule has 0 N–H and O–H groups in total. The first-order valence-corrected chi connectivity index (χ1v) is 37.2. The lowest BCUT2D eigenvalue weighted by molar-refractivity contribution is 0.659. The van der Waals surface area contributed by atoms with Gasteiger partial charge in [0.25, 0.3) is 0 Å². The molecule has 0 saturated heterocycles. The van der Waals surface area contributed by atoms with Gasteiger partial charge in [0.15, 0.2) is 0 Å². The highest BCUT2D eigenvalue weighted by molar-refractivity contribution is 6.24. The van der Waals surface area contributed by atoms with Gasteiger partial charge in [0.1, 0.15) is 0 Å². The fourth-order valence-electron chi connectivity index (χ4n) is 19.4. The molecule has 0 fully saturated rings. The Kier molecular flexibility index (Phi) is 14.0. The molecule has 2 nitrogen and oxygen atoms in total. The molecule has 4 aliphatic carbocycles. The summed E-state index contributed by atoms with van der Waals surface area (Å²) in [5, 5.41) is 4.69. The van der Waals surface area contributed by atoms with Gasteiger partial charge in [-0.1, -0.05) is 262 Å². The summed E-state index contributed by atoms with van der Waals surface area (Å²) in [4.78, 5) is 5.12. The van der Waals surface area contributed by atoms with Crippen molar-refractivity contribution in [2.75, 3.05) is 9.80 Å². The van der Waals surface area contributed by atoms with Gasteiger partial charge >= 0.3 is 0 Å². The van der Waals surface area contributed by atoms with Crippen LogP contribution in [0.25, 0.3) is 111 Å². The zero-order chi connectivity index (χ0) is 71.0. The largest absolute Gasteiger partial charge is 0.309 e. The maximum atomic E-state index is 2.56. The van der Waals surface area contributed by atoms with Gasteiger partial charge in [0.2, 0.25) is 0 Å². The molecule has 15 aromatic carbocycles. The van der Waals surface area contributed by atoms with E-state index in [9.17, 15) is 0 Å². The lowest BCUT2D eigenvalue weighted by Gasteiger charge is -2.35. The van der Waals surface area contributed by atoms with Crippen molar-refractivity contribution in [3.05, 3.63) is 358 Å². The molecule has 0 bridgehead atoms. The van der Waals surface area contributed by atoms with Gasteiger partial charge in [0.05, 0.1) is 22.7 Å². The Labute approximate surface area is 613 Å². The molecule has 104 heavy (non-hydrogen) atoms. The molecule has 0 atom stereocenters. The van der Waals surface area contributed by atoms with E-state index in [2.05, 4.69) is 384 Å². The van der Waals surface area contributed by atoms with E-state index in [1.807, 2.05) is 0 Å². The first-order valence-electron chi connectivity index (χ1n) is 37.2. The Morgan fingerprint density at radius 2 is 0.394 bits per heavy atom. The number of hydrogen-bond donors (Lipinski definition) is 0. The highest BCUT2D eigenvalue weighted by atomic mass is 15.2. The second-order valence-corrected chi connectivity index (χ2v) is 32.2. The van der Waals surface area contributed by atoms with Gasteiger partial charge in [-0.05, 0) is 268 Å². The van der Waals surface area contributed by atoms with Crippen molar-refractivity contribution in [3.8, 4) is 89.0 Å². The van der Waals surface area contributed by atoms with Crippen LogP contribution in [-0.4, -0.2) is 0 Å². The third-order valence-electron chi connectivity index (χ3n) is 24.6. The van der Waals surface area contributed by atoms with Gasteiger partial charge in [-0.25, -0.2) is 0 Å². The minimum atomic E-state index is -0.208. The molecule has 502 valence electrons. The molecule has 0 spiro atoms. The molecule has 15 aromatic rings. The molecule has 19 rings (SSSR count). The Morgan fingerprint density at radius 1 is 0.183 bits per heavy atom. The molecule has 0 heterocycles. The van der Waals surface area contributed by atoms with Crippen LogP contribution in [0.1, 0.15) is 122 Å². The highest BCUT2D eigenvalue weighted by Crippen LogP contribution is 2.58. The van der Waals surface area contributed by atoms with Crippen molar-refractivity contribution < 1.29 is 0 Å². The summed E-state index contributed by atoms with van der Waals surface area (Å²) in [6.45, 7) is 28.4. The van der Waals surface area contributed by atoms with Gasteiger partial charge in [-0.3, -0.25) is 0 Å². The molecule has 0 aromatic heterocycles. The Hall–Kier alpha value is -11.6. The smallest absolute Gasteiger partial charge is 0.0620 e. The first-order chi connectivity index (χ1) is 50.2. The summed E-state index contributed by atoms with van der Waals surface area (Å²) in [7, 11) is 0. The average Bonchev–Trinajstić information content (AvgIpc) is 0.899. The van der Waals surface area contributed by atoms with Gasteiger partial charge in [-0.2, -0.15) is 0 Å². The van der Waals surface area contributed by atoms with Crippen molar-refractivity contribution in [3.63, 3.8) is 0 Å². The first kappa shape index (κ1) is 63.4. The topological polar surface area (TPSA) is 6.48 Å². The molecule has 0 aliphatic heterocycles. The van der Waals surface area contributed by atoms with Crippen LogP contribution in [0.5, 0.6) is 0 Å². The van der Waals surface area contributed by atoms with E-state index in [-0.39, 0.29) is 21.7 Å².